The summed E-state index contributed by atoms with van der Waals surface area (Å²) in [6.45, 7) is 12.4. The molecule has 3 aromatic carbocycles. The number of benzene rings is 3. The topological polar surface area (TPSA) is 229 Å². The highest BCUT2D eigenvalue weighted by atomic mass is 19.1. The quantitative estimate of drug-likeness (QED) is 0.0945. The van der Waals surface area contributed by atoms with E-state index in [-0.39, 0.29) is 42.6 Å². The molecule has 0 bridgehead atoms. The van der Waals surface area contributed by atoms with Crippen LogP contribution in [0.2, 0.25) is 0 Å². The highest BCUT2D eigenvalue weighted by molar-refractivity contribution is 5.89. The van der Waals surface area contributed by atoms with Crippen LogP contribution in [0.1, 0.15) is 102 Å². The molecule has 0 saturated carbocycles. The van der Waals surface area contributed by atoms with E-state index >= 15 is 0 Å². The molecule has 15 nitrogen and oxygen atoms in total. The van der Waals surface area contributed by atoms with E-state index in [1.807, 2.05) is 62.4 Å². The monoisotopic (exact) mass is 857 g/mol. The number of carbonyl (C=O) groups is 6. The van der Waals surface area contributed by atoms with Crippen molar-refractivity contribution in [1.29, 1.82) is 0 Å². The minimum absolute atomic E-state index is 0.0714. The largest absolute Gasteiger partial charge is 0.465 e. The summed E-state index contributed by atoms with van der Waals surface area (Å²) in [6.07, 6.45) is -1.71. The van der Waals surface area contributed by atoms with Crippen LogP contribution in [0.4, 0.5) is 19.7 Å². The van der Waals surface area contributed by atoms with E-state index in [1.165, 1.54) is 12.1 Å². The lowest BCUT2D eigenvalue weighted by molar-refractivity contribution is -0.139. The number of likely N-dealkylation sites (tertiary alicyclic amines) is 2. The van der Waals surface area contributed by atoms with Gasteiger partial charge in [0, 0.05) is 55.5 Å². The molecule has 16 heteroatoms. The van der Waals surface area contributed by atoms with Crippen molar-refractivity contribution in [2.24, 2.45) is 34.1 Å². The number of halogens is 1. The summed E-state index contributed by atoms with van der Waals surface area (Å²) in [6, 6.07) is 19.0. The predicted octanol–water partition coefficient (Wildman–Crippen LogP) is 5.93. The standard InChI is InChI=1S/C46H60FN7O8/c1-27-19-21-53(41(57)39(50-43(59)60)45(3,4)23-35(48)55)37(27)31-11-7-29(8-12-31)25-52(34-17-15-33(47)16-18-34)26-30-9-13-32(14-10-30)38-28(2)20-22-54(38)42(58)40(51-44(61)62)46(5,6)24-36(49)56/h7-18,27-28,37-40,50-51H,19-26H2,1-6H3,(H2,48,55)(H2,49,56)(H,59,60)(H,61,62)/t27-,28-,37-,38-,39+,40+/m0/s1. The summed E-state index contributed by atoms with van der Waals surface area (Å²) in [4.78, 5) is 80.9. The summed E-state index contributed by atoms with van der Waals surface area (Å²) in [5.74, 6) is -2.34. The first kappa shape index (κ1) is 46.9. The molecular weight excluding hydrogens is 798 g/mol. The first-order valence-corrected chi connectivity index (χ1v) is 20.9. The number of hydrogen-bond acceptors (Lipinski definition) is 7. The van der Waals surface area contributed by atoms with Crippen molar-refractivity contribution in [1.82, 2.24) is 20.4 Å². The molecule has 6 amide bonds. The molecule has 2 aliphatic heterocycles. The molecule has 2 aliphatic rings. The molecule has 0 spiro atoms. The summed E-state index contributed by atoms with van der Waals surface area (Å²) in [5.41, 5.74) is 13.2. The number of nitrogens with two attached hydrogens (primary N) is 2. The molecular formula is C46H60FN7O8. The van der Waals surface area contributed by atoms with Crippen LogP contribution in [0.15, 0.2) is 72.8 Å². The zero-order chi connectivity index (χ0) is 45.7. The van der Waals surface area contributed by atoms with Crippen molar-refractivity contribution < 1.29 is 43.4 Å². The summed E-state index contributed by atoms with van der Waals surface area (Å²) in [5, 5.41) is 23.9. The Balaban J connectivity index is 1.36. The van der Waals surface area contributed by atoms with Crippen molar-refractivity contribution in [2.75, 3.05) is 18.0 Å². The van der Waals surface area contributed by atoms with Crippen LogP contribution < -0.4 is 27.0 Å². The fourth-order valence-corrected chi connectivity index (χ4v) is 9.24. The van der Waals surface area contributed by atoms with Gasteiger partial charge in [-0.25, -0.2) is 14.0 Å². The van der Waals surface area contributed by atoms with Crippen molar-refractivity contribution in [3.63, 3.8) is 0 Å². The number of nitrogens with zero attached hydrogens (tertiary/aromatic N) is 3. The number of hydrogen-bond donors (Lipinski definition) is 6. The van der Waals surface area contributed by atoms with Crippen LogP contribution in [0.5, 0.6) is 0 Å². The first-order chi connectivity index (χ1) is 29.1. The van der Waals surface area contributed by atoms with Gasteiger partial charge in [-0.2, -0.15) is 0 Å². The second kappa shape index (κ2) is 19.2. The molecule has 2 heterocycles. The van der Waals surface area contributed by atoms with E-state index in [4.69, 9.17) is 11.5 Å². The van der Waals surface area contributed by atoms with Crippen molar-refractivity contribution in [3.05, 3.63) is 101 Å². The predicted molar refractivity (Wildman–Crippen MR) is 231 cm³/mol. The molecule has 8 N–H and O–H groups in total. The number of carbonyl (C=O) groups excluding carboxylic acids is 4. The van der Waals surface area contributed by atoms with Gasteiger partial charge in [0.05, 0.1) is 12.1 Å². The molecule has 6 atom stereocenters. The summed E-state index contributed by atoms with van der Waals surface area (Å²) >= 11 is 0. The van der Waals surface area contributed by atoms with E-state index < -0.39 is 58.7 Å². The maximum atomic E-state index is 14.1. The molecule has 5 rings (SSSR count). The van der Waals surface area contributed by atoms with Gasteiger partial charge in [0.25, 0.3) is 0 Å². The normalized spacial score (nSPS) is 20.0. The van der Waals surface area contributed by atoms with Crippen LogP contribution >= 0.6 is 0 Å². The number of anilines is 1. The maximum Gasteiger partial charge on any atom is 0.405 e. The Morgan fingerprint density at radius 3 is 1.34 bits per heavy atom. The smallest absolute Gasteiger partial charge is 0.405 e. The minimum Gasteiger partial charge on any atom is -0.465 e. The van der Waals surface area contributed by atoms with E-state index in [2.05, 4.69) is 15.5 Å². The maximum absolute atomic E-state index is 14.1. The zero-order valence-corrected chi connectivity index (χ0v) is 36.3. The second-order valence-corrected chi connectivity index (χ2v) is 18.3. The molecule has 0 radical (unpaired) electrons. The van der Waals surface area contributed by atoms with Gasteiger partial charge in [-0.1, -0.05) is 90.1 Å². The van der Waals surface area contributed by atoms with Gasteiger partial charge in [-0.3, -0.25) is 19.2 Å². The molecule has 2 saturated heterocycles. The van der Waals surface area contributed by atoms with Crippen LogP contribution in [0, 0.1) is 28.5 Å². The Bertz CT molecular complexity index is 1980. The highest BCUT2D eigenvalue weighted by Gasteiger charge is 2.46. The third-order valence-electron chi connectivity index (χ3n) is 12.4. The molecule has 62 heavy (non-hydrogen) atoms. The molecule has 334 valence electrons. The number of nitrogens with one attached hydrogen (secondary N) is 2. The third kappa shape index (κ3) is 11.2. The summed E-state index contributed by atoms with van der Waals surface area (Å²) in [7, 11) is 0. The number of amides is 6. The average Bonchev–Trinajstić information content (AvgIpc) is 3.77. The van der Waals surface area contributed by atoms with Gasteiger partial charge in [-0.05, 0) is 71.2 Å². The molecule has 0 aliphatic carbocycles. The Morgan fingerprint density at radius 1 is 0.661 bits per heavy atom. The highest BCUT2D eigenvalue weighted by Crippen LogP contribution is 2.41. The van der Waals surface area contributed by atoms with Gasteiger partial charge < -0.3 is 47.0 Å². The van der Waals surface area contributed by atoms with Crippen LogP contribution in [-0.2, 0) is 32.3 Å². The zero-order valence-electron chi connectivity index (χ0n) is 36.3. The first-order valence-electron chi connectivity index (χ1n) is 20.9. The van der Waals surface area contributed by atoms with Gasteiger partial charge in [0.15, 0.2) is 0 Å². The van der Waals surface area contributed by atoms with Crippen LogP contribution in [0.25, 0.3) is 0 Å². The number of carboxylic acid groups (broad SMARTS) is 2. The Hall–Kier alpha value is -6.19. The van der Waals surface area contributed by atoms with Crippen molar-refractivity contribution in [3.8, 4) is 0 Å². The van der Waals surface area contributed by atoms with Gasteiger partial charge in [-0.15, -0.1) is 0 Å². The van der Waals surface area contributed by atoms with E-state index in [0.29, 0.717) is 39.0 Å². The SMILES string of the molecule is C[C@H]1CCN(C(=O)[C@@H](NC(=O)O)C(C)(C)CC(N)=O)[C@@H]1c1ccc(CN(Cc2ccc([C@@H]3[C@@H](C)CCN3C(=O)[C@@H](NC(=O)O)C(C)(C)CC(N)=O)cc2)c2ccc(F)cc2)cc1. The summed E-state index contributed by atoms with van der Waals surface area (Å²) < 4.78 is 14.1. The van der Waals surface area contributed by atoms with E-state index in [0.717, 1.165) is 27.9 Å². The Morgan fingerprint density at radius 2 is 1.02 bits per heavy atom. The lowest BCUT2D eigenvalue weighted by Crippen LogP contribution is -2.56. The number of rotatable bonds is 17. The van der Waals surface area contributed by atoms with Crippen LogP contribution in [0.3, 0.4) is 0 Å². The van der Waals surface area contributed by atoms with Gasteiger partial charge >= 0.3 is 12.2 Å². The molecule has 3 aromatic rings. The van der Waals surface area contributed by atoms with E-state index in [9.17, 15) is 43.4 Å². The van der Waals surface area contributed by atoms with Crippen molar-refractivity contribution in [2.45, 2.75) is 104 Å². The van der Waals surface area contributed by atoms with Gasteiger partial charge in [0.1, 0.15) is 17.9 Å². The van der Waals surface area contributed by atoms with Gasteiger partial charge in [0.2, 0.25) is 23.6 Å². The third-order valence-corrected chi connectivity index (χ3v) is 12.4. The number of primary amides is 2. The fourth-order valence-electron chi connectivity index (χ4n) is 9.24. The average molecular weight is 858 g/mol. The Labute approximate surface area is 362 Å². The fraction of sp³-hybridized carbons (Fsp3) is 0.478. The minimum atomic E-state index is -1.37. The Kier molecular flexibility index (Phi) is 14.5. The van der Waals surface area contributed by atoms with E-state index in [1.54, 1.807) is 49.6 Å². The molecule has 0 unspecified atom stereocenters. The second-order valence-electron chi connectivity index (χ2n) is 18.3. The lowest BCUT2D eigenvalue weighted by Gasteiger charge is -2.37. The molecule has 0 aromatic heterocycles. The van der Waals surface area contributed by atoms with Crippen LogP contribution in [-0.4, -0.2) is 81.0 Å². The molecule has 2 fully saturated rings. The lowest BCUT2D eigenvalue weighted by atomic mass is 9.80. The van der Waals surface area contributed by atoms with Crippen molar-refractivity contribution >= 4 is 41.5 Å².